The van der Waals surface area contributed by atoms with Crippen molar-refractivity contribution in [1.29, 1.82) is 0 Å². The van der Waals surface area contributed by atoms with Gasteiger partial charge >= 0.3 is 6.09 Å². The van der Waals surface area contributed by atoms with Crippen molar-refractivity contribution in [2.45, 2.75) is 32.7 Å². The van der Waals surface area contributed by atoms with E-state index in [4.69, 9.17) is 5.11 Å². The molecule has 0 aliphatic carbocycles. The molecule has 0 bridgehead atoms. The van der Waals surface area contributed by atoms with Crippen molar-refractivity contribution in [3.8, 4) is 0 Å². The van der Waals surface area contributed by atoms with Gasteiger partial charge in [0.05, 0.1) is 17.7 Å². The van der Waals surface area contributed by atoms with Crippen molar-refractivity contribution < 1.29 is 24.3 Å². The van der Waals surface area contributed by atoms with Crippen LogP contribution in [0.5, 0.6) is 0 Å². The van der Waals surface area contributed by atoms with Crippen LogP contribution >= 0.6 is 11.3 Å². The van der Waals surface area contributed by atoms with Gasteiger partial charge in [-0.1, -0.05) is 23.5 Å². The summed E-state index contributed by atoms with van der Waals surface area (Å²) in [6.07, 6.45) is 0.881. The Morgan fingerprint density at radius 1 is 1.18 bits per heavy atom. The molecule has 11 nitrogen and oxygen atoms in total. The Kier molecular flexibility index (Phi) is 9.04. The Morgan fingerprint density at radius 2 is 1.85 bits per heavy atom. The van der Waals surface area contributed by atoms with Gasteiger partial charge in [-0.15, -0.1) is 0 Å². The lowest BCUT2D eigenvalue weighted by Gasteiger charge is -2.17. The van der Waals surface area contributed by atoms with Crippen LogP contribution in [0.3, 0.4) is 0 Å². The number of aliphatic imine (C=N–C) groups is 1. The standard InChI is InChI=1S/C21H26N6O5S/c1-12(19(30)27(3)4)24-18(29)17-16(26-20(33-17)25-13(2)28)10-7-14-5-8-15(9-6-14)22-11-23-21(31)32/h5-6,8-9,11-12H,7,10H2,1-4H3,(H,22,23)(H,24,29)(H,31,32)(H,25,26,28)/t12-/m0/s1. The molecular formula is C21H26N6O5S. The van der Waals surface area contributed by atoms with E-state index in [1.807, 2.05) is 17.4 Å². The lowest BCUT2D eigenvalue weighted by atomic mass is 10.1. The monoisotopic (exact) mass is 474 g/mol. The molecule has 33 heavy (non-hydrogen) atoms. The number of anilines is 1. The number of likely N-dealkylation sites (N-methyl/N-ethyl adjacent to an activating group) is 1. The lowest BCUT2D eigenvalue weighted by Crippen LogP contribution is -2.44. The van der Waals surface area contributed by atoms with E-state index in [0.717, 1.165) is 23.2 Å². The molecule has 2 aromatic rings. The summed E-state index contributed by atoms with van der Waals surface area (Å²) in [7, 11) is 3.22. The highest BCUT2D eigenvalue weighted by molar-refractivity contribution is 7.17. The highest BCUT2D eigenvalue weighted by Crippen LogP contribution is 2.25. The van der Waals surface area contributed by atoms with Crippen LogP contribution in [0.2, 0.25) is 0 Å². The Bertz CT molecular complexity index is 1050. The van der Waals surface area contributed by atoms with Crippen LogP contribution in [-0.4, -0.2) is 65.3 Å². The number of aromatic nitrogens is 1. The number of thiazole rings is 1. The number of carboxylic acid groups (broad SMARTS) is 1. The normalized spacial score (nSPS) is 11.6. The molecule has 0 saturated carbocycles. The van der Waals surface area contributed by atoms with Gasteiger partial charge in [0, 0.05) is 21.0 Å². The summed E-state index contributed by atoms with van der Waals surface area (Å²) in [5.41, 5.74) is 2.05. The number of carbonyl (C=O) groups is 4. The van der Waals surface area contributed by atoms with E-state index in [2.05, 4.69) is 20.6 Å². The highest BCUT2D eigenvalue weighted by atomic mass is 32.1. The fourth-order valence-electron chi connectivity index (χ4n) is 2.79. The Balaban J connectivity index is 2.13. The van der Waals surface area contributed by atoms with Gasteiger partial charge in [-0.3, -0.25) is 19.7 Å². The zero-order chi connectivity index (χ0) is 24.5. The summed E-state index contributed by atoms with van der Waals surface area (Å²) in [6, 6.07) is 6.44. The second-order valence-electron chi connectivity index (χ2n) is 7.28. The van der Waals surface area contributed by atoms with Crippen molar-refractivity contribution in [3.05, 3.63) is 40.4 Å². The fraction of sp³-hybridized carbons (Fsp3) is 0.333. The molecule has 0 unspecified atom stereocenters. The molecule has 4 amide bonds. The number of carbonyl (C=O) groups excluding carboxylic acids is 3. The quantitative estimate of drug-likeness (QED) is 0.322. The highest BCUT2D eigenvalue weighted by Gasteiger charge is 2.23. The van der Waals surface area contributed by atoms with Crippen molar-refractivity contribution in [2.24, 2.45) is 4.99 Å². The van der Waals surface area contributed by atoms with Crippen LogP contribution in [-0.2, 0) is 22.4 Å². The van der Waals surface area contributed by atoms with Crippen molar-refractivity contribution in [3.63, 3.8) is 0 Å². The average molecular weight is 475 g/mol. The molecule has 0 fully saturated rings. The zero-order valence-corrected chi connectivity index (χ0v) is 19.5. The molecule has 0 radical (unpaired) electrons. The number of hydrogen-bond acceptors (Lipinski definition) is 7. The number of aryl methyl sites for hydroxylation is 2. The smallest absolute Gasteiger partial charge is 0.409 e. The van der Waals surface area contributed by atoms with E-state index < -0.39 is 18.0 Å². The maximum Gasteiger partial charge on any atom is 0.409 e. The van der Waals surface area contributed by atoms with Gasteiger partial charge in [-0.25, -0.2) is 14.8 Å². The molecule has 4 N–H and O–H groups in total. The van der Waals surface area contributed by atoms with Gasteiger partial charge in [0.15, 0.2) is 5.13 Å². The molecular weight excluding hydrogens is 448 g/mol. The van der Waals surface area contributed by atoms with Gasteiger partial charge < -0.3 is 20.6 Å². The van der Waals surface area contributed by atoms with Gasteiger partial charge in [0.25, 0.3) is 5.91 Å². The van der Waals surface area contributed by atoms with Gasteiger partial charge in [0.2, 0.25) is 11.8 Å². The zero-order valence-electron chi connectivity index (χ0n) is 18.7. The molecule has 0 saturated heterocycles. The first kappa shape index (κ1) is 25.5. The molecule has 0 spiro atoms. The second kappa shape index (κ2) is 11.7. The minimum atomic E-state index is -1.20. The van der Waals surface area contributed by atoms with Gasteiger partial charge in [0.1, 0.15) is 10.9 Å². The van der Waals surface area contributed by atoms with Crippen LogP contribution in [0.1, 0.15) is 34.8 Å². The third-order valence-electron chi connectivity index (χ3n) is 4.33. The lowest BCUT2D eigenvalue weighted by molar-refractivity contribution is -0.130. The van der Waals surface area contributed by atoms with Crippen LogP contribution in [0, 0.1) is 0 Å². The first-order chi connectivity index (χ1) is 15.6. The Morgan fingerprint density at radius 3 is 2.42 bits per heavy atom. The number of nitrogens with zero attached hydrogens (tertiary/aromatic N) is 3. The fourth-order valence-corrected chi connectivity index (χ4v) is 3.75. The average Bonchev–Trinajstić information content (AvgIpc) is 3.14. The van der Waals surface area contributed by atoms with Gasteiger partial charge in [-0.2, -0.15) is 0 Å². The Labute approximate surface area is 194 Å². The van der Waals surface area contributed by atoms with E-state index in [-0.39, 0.29) is 11.8 Å². The van der Waals surface area contributed by atoms with Crippen LogP contribution in [0.4, 0.5) is 15.6 Å². The summed E-state index contributed by atoms with van der Waals surface area (Å²) in [6.45, 7) is 2.96. The van der Waals surface area contributed by atoms with E-state index in [0.29, 0.717) is 34.2 Å². The predicted molar refractivity (Wildman–Crippen MR) is 125 cm³/mol. The van der Waals surface area contributed by atoms with Crippen LogP contribution in [0.15, 0.2) is 29.3 Å². The van der Waals surface area contributed by atoms with E-state index in [1.54, 1.807) is 33.2 Å². The van der Waals surface area contributed by atoms with Crippen LogP contribution in [0.25, 0.3) is 0 Å². The molecule has 1 aromatic heterocycles. The number of hydrogen-bond donors (Lipinski definition) is 4. The summed E-state index contributed by atoms with van der Waals surface area (Å²) >= 11 is 1.05. The Hall–Kier alpha value is -3.80. The first-order valence-electron chi connectivity index (χ1n) is 9.97. The van der Waals surface area contributed by atoms with Crippen molar-refractivity contribution in [1.82, 2.24) is 20.5 Å². The molecule has 0 aliphatic rings. The summed E-state index contributed by atoms with van der Waals surface area (Å²) < 4.78 is 0. The van der Waals surface area contributed by atoms with Gasteiger partial charge in [-0.05, 0) is 37.5 Å². The maximum atomic E-state index is 12.8. The first-order valence-corrected chi connectivity index (χ1v) is 10.8. The number of nitrogens with one attached hydrogen (secondary N) is 3. The van der Waals surface area contributed by atoms with E-state index >= 15 is 0 Å². The molecule has 2 rings (SSSR count). The largest absolute Gasteiger partial charge is 0.465 e. The second-order valence-corrected chi connectivity index (χ2v) is 8.28. The van der Waals surface area contributed by atoms with Crippen molar-refractivity contribution in [2.75, 3.05) is 19.4 Å². The molecule has 1 heterocycles. The minimum Gasteiger partial charge on any atom is -0.465 e. The topological polar surface area (TPSA) is 153 Å². The molecule has 176 valence electrons. The SMILES string of the molecule is CC(=O)Nc1nc(CCc2ccc(N=CNC(=O)O)cc2)c(C(=O)N[C@@H](C)C(=O)N(C)C)s1. The predicted octanol–water partition coefficient (Wildman–Crippen LogP) is 2.02. The number of rotatable bonds is 9. The summed E-state index contributed by atoms with van der Waals surface area (Å²) in [5, 5.41) is 16.2. The number of amides is 4. The van der Waals surface area contributed by atoms with E-state index in [9.17, 15) is 19.2 Å². The van der Waals surface area contributed by atoms with Crippen molar-refractivity contribution >= 4 is 52.3 Å². The summed E-state index contributed by atoms with van der Waals surface area (Å²) in [4.78, 5) is 56.9. The molecule has 1 atom stereocenters. The van der Waals surface area contributed by atoms with E-state index in [1.165, 1.54) is 11.8 Å². The van der Waals surface area contributed by atoms with Crippen LogP contribution < -0.4 is 16.0 Å². The number of benzene rings is 1. The molecule has 0 aliphatic heterocycles. The molecule has 12 heteroatoms. The third kappa shape index (κ3) is 8.00. The third-order valence-corrected chi connectivity index (χ3v) is 5.35. The summed E-state index contributed by atoms with van der Waals surface area (Å²) in [5.74, 6) is -0.970. The molecule has 1 aromatic carbocycles. The maximum absolute atomic E-state index is 12.8. The minimum absolute atomic E-state index is 0.238.